The van der Waals surface area contributed by atoms with E-state index in [9.17, 15) is 13.6 Å². The molecular weight excluding hydrogens is 430 g/mol. The van der Waals surface area contributed by atoms with Gasteiger partial charge in [-0.15, -0.1) is 0 Å². The second-order valence-corrected chi connectivity index (χ2v) is 11.0. The summed E-state index contributed by atoms with van der Waals surface area (Å²) in [5.74, 6) is 1.88. The molecule has 5 heteroatoms. The van der Waals surface area contributed by atoms with Crippen LogP contribution >= 0.6 is 11.6 Å². The number of carbonyl (C=O) groups excluding carboxylic acids is 1. The molecule has 3 aliphatic rings. The molecule has 0 amide bonds. The number of carbonyl (C=O) groups is 1. The number of hydrogen-bond acceptors (Lipinski definition) is 2. The highest BCUT2D eigenvalue weighted by atomic mass is 35.5. The molecule has 0 bridgehead atoms. The normalized spacial score (nSPS) is 32.9. The fourth-order valence-electron chi connectivity index (χ4n) is 6.82. The Labute approximate surface area is 196 Å². The summed E-state index contributed by atoms with van der Waals surface area (Å²) in [7, 11) is 0. The maximum Gasteiger partial charge on any atom is 0.314 e. The summed E-state index contributed by atoms with van der Waals surface area (Å²) < 4.78 is 32.5. The number of halogens is 3. The molecule has 0 spiro atoms. The molecule has 1 aromatic rings. The van der Waals surface area contributed by atoms with Crippen LogP contribution < -0.4 is 4.74 Å². The second-order valence-electron chi connectivity index (χ2n) is 10.6. The molecule has 4 unspecified atom stereocenters. The van der Waals surface area contributed by atoms with Crippen molar-refractivity contribution in [1.82, 2.24) is 0 Å². The van der Waals surface area contributed by atoms with Gasteiger partial charge in [0.25, 0.3) is 0 Å². The molecule has 4 rings (SSSR count). The van der Waals surface area contributed by atoms with Gasteiger partial charge in [0.1, 0.15) is 22.4 Å². The molecule has 3 fully saturated rings. The lowest BCUT2D eigenvalue weighted by molar-refractivity contribution is -0.140. The van der Waals surface area contributed by atoms with Gasteiger partial charge in [-0.3, -0.25) is 4.79 Å². The SMILES string of the molecule is CCCCC1CCC2CC(C3CCC(C(=O)Oc4cc(F)c(Cl)c(F)c4)CC3)CCC2C1. The molecule has 4 atom stereocenters. The Morgan fingerprint density at radius 3 is 2.12 bits per heavy atom. The van der Waals surface area contributed by atoms with Crippen LogP contribution in [-0.2, 0) is 4.79 Å². The van der Waals surface area contributed by atoms with E-state index >= 15 is 0 Å². The molecule has 1 aromatic carbocycles. The first-order valence-corrected chi connectivity index (χ1v) is 13.2. The first-order chi connectivity index (χ1) is 15.4. The van der Waals surface area contributed by atoms with Gasteiger partial charge in [0.05, 0.1) is 5.92 Å². The van der Waals surface area contributed by atoms with Crippen molar-refractivity contribution < 1.29 is 18.3 Å². The van der Waals surface area contributed by atoms with Gasteiger partial charge in [0.2, 0.25) is 0 Å². The minimum atomic E-state index is -0.909. The highest BCUT2D eigenvalue weighted by molar-refractivity contribution is 6.30. The van der Waals surface area contributed by atoms with Crippen LogP contribution in [-0.4, -0.2) is 5.97 Å². The maximum atomic E-state index is 13.6. The Hall–Kier alpha value is -1.16. The number of fused-ring (bicyclic) bond motifs is 1. The zero-order chi connectivity index (χ0) is 22.7. The lowest BCUT2D eigenvalue weighted by Crippen LogP contribution is -2.35. The van der Waals surface area contributed by atoms with Gasteiger partial charge in [0.15, 0.2) is 0 Å². The second kappa shape index (κ2) is 10.8. The molecule has 0 heterocycles. The molecule has 0 aliphatic heterocycles. The first-order valence-electron chi connectivity index (χ1n) is 12.8. The number of rotatable bonds is 6. The average Bonchev–Trinajstić information content (AvgIpc) is 2.80. The summed E-state index contributed by atoms with van der Waals surface area (Å²) in [6.45, 7) is 2.29. The van der Waals surface area contributed by atoms with Crippen LogP contribution in [0.15, 0.2) is 12.1 Å². The van der Waals surface area contributed by atoms with Crippen LogP contribution in [0.2, 0.25) is 5.02 Å². The van der Waals surface area contributed by atoms with Crippen molar-refractivity contribution in [2.45, 2.75) is 90.4 Å². The van der Waals surface area contributed by atoms with Gasteiger partial charge in [-0.05, 0) is 87.4 Å². The van der Waals surface area contributed by atoms with Crippen LogP contribution in [0.5, 0.6) is 5.75 Å². The van der Waals surface area contributed by atoms with E-state index in [1.807, 2.05) is 0 Å². The van der Waals surface area contributed by atoms with E-state index in [4.69, 9.17) is 16.3 Å². The van der Waals surface area contributed by atoms with Crippen molar-refractivity contribution in [2.24, 2.45) is 35.5 Å². The zero-order valence-corrected chi connectivity index (χ0v) is 20.0. The van der Waals surface area contributed by atoms with E-state index in [0.717, 1.165) is 61.5 Å². The van der Waals surface area contributed by atoms with E-state index in [-0.39, 0.29) is 17.6 Å². The lowest BCUT2D eigenvalue weighted by Gasteiger charge is -2.45. The van der Waals surface area contributed by atoms with E-state index in [0.29, 0.717) is 5.92 Å². The van der Waals surface area contributed by atoms with Crippen LogP contribution in [0, 0.1) is 47.1 Å². The highest BCUT2D eigenvalue weighted by Crippen LogP contribution is 2.49. The molecule has 3 saturated carbocycles. The highest BCUT2D eigenvalue weighted by Gasteiger charge is 2.39. The summed E-state index contributed by atoms with van der Waals surface area (Å²) in [4.78, 5) is 12.6. The summed E-state index contributed by atoms with van der Waals surface area (Å²) in [6.07, 6.45) is 16.3. The minimum absolute atomic E-state index is 0.107. The van der Waals surface area contributed by atoms with Gasteiger partial charge < -0.3 is 4.74 Å². The minimum Gasteiger partial charge on any atom is -0.426 e. The number of benzene rings is 1. The molecule has 0 N–H and O–H groups in total. The molecule has 178 valence electrons. The van der Waals surface area contributed by atoms with Crippen molar-refractivity contribution in [3.05, 3.63) is 28.8 Å². The Bertz CT molecular complexity index is 767. The third-order valence-corrected chi connectivity index (χ3v) is 9.04. The molecular formula is C27H37ClF2O2. The van der Waals surface area contributed by atoms with Crippen LogP contribution in [0.1, 0.15) is 90.4 Å². The van der Waals surface area contributed by atoms with Crippen LogP contribution in [0.3, 0.4) is 0 Å². The smallest absolute Gasteiger partial charge is 0.314 e. The number of unbranched alkanes of at least 4 members (excludes halogenated alkanes) is 1. The van der Waals surface area contributed by atoms with Crippen molar-refractivity contribution in [3.8, 4) is 5.75 Å². The molecule has 3 aliphatic carbocycles. The quantitative estimate of drug-likeness (QED) is 0.239. The maximum absolute atomic E-state index is 13.6. The third-order valence-electron chi connectivity index (χ3n) is 8.68. The number of hydrogen-bond donors (Lipinski definition) is 0. The van der Waals surface area contributed by atoms with Crippen molar-refractivity contribution in [3.63, 3.8) is 0 Å². The molecule has 0 saturated heterocycles. The standard InChI is InChI=1S/C27H37ClF2O2/c1-2-3-4-17-5-6-22-14-21(12-11-20(22)13-17)18-7-9-19(10-8-18)27(31)32-23-15-24(29)26(28)25(30)16-23/h15-22H,2-14H2,1H3. The average molecular weight is 467 g/mol. The van der Waals surface area contributed by atoms with Crippen molar-refractivity contribution in [2.75, 3.05) is 0 Å². The van der Waals surface area contributed by atoms with E-state index in [1.54, 1.807) is 0 Å². The lowest BCUT2D eigenvalue weighted by atomic mass is 9.60. The van der Waals surface area contributed by atoms with E-state index in [2.05, 4.69) is 6.92 Å². The summed E-state index contributed by atoms with van der Waals surface area (Å²) in [6, 6.07) is 1.95. The molecule has 2 nitrogen and oxygen atoms in total. The Kier molecular flexibility index (Phi) is 8.13. The molecule has 32 heavy (non-hydrogen) atoms. The van der Waals surface area contributed by atoms with Crippen LogP contribution in [0.25, 0.3) is 0 Å². The Balaban J connectivity index is 1.23. The fraction of sp³-hybridized carbons (Fsp3) is 0.741. The fourth-order valence-corrected chi connectivity index (χ4v) is 6.93. The Morgan fingerprint density at radius 1 is 0.906 bits per heavy atom. The van der Waals surface area contributed by atoms with Crippen molar-refractivity contribution in [1.29, 1.82) is 0 Å². The van der Waals surface area contributed by atoms with Crippen molar-refractivity contribution >= 4 is 17.6 Å². The van der Waals surface area contributed by atoms with Gasteiger partial charge in [-0.25, -0.2) is 8.78 Å². The number of ether oxygens (including phenoxy) is 1. The summed E-state index contributed by atoms with van der Waals surface area (Å²) >= 11 is 5.50. The van der Waals surface area contributed by atoms with Crippen LogP contribution in [0.4, 0.5) is 8.78 Å². The van der Waals surface area contributed by atoms with E-state index < -0.39 is 16.7 Å². The predicted molar refractivity (Wildman–Crippen MR) is 124 cm³/mol. The predicted octanol–water partition coefficient (Wildman–Crippen LogP) is 8.35. The monoisotopic (exact) mass is 466 g/mol. The van der Waals surface area contributed by atoms with Gasteiger partial charge in [-0.1, -0.05) is 44.2 Å². The van der Waals surface area contributed by atoms with Gasteiger partial charge >= 0.3 is 5.97 Å². The largest absolute Gasteiger partial charge is 0.426 e. The van der Waals surface area contributed by atoms with Gasteiger partial charge in [0, 0.05) is 12.1 Å². The molecule has 0 radical (unpaired) electrons. The summed E-state index contributed by atoms with van der Waals surface area (Å²) in [5.41, 5.74) is 0. The molecule has 0 aromatic heterocycles. The van der Waals surface area contributed by atoms with E-state index in [1.165, 1.54) is 57.8 Å². The van der Waals surface area contributed by atoms with Gasteiger partial charge in [-0.2, -0.15) is 0 Å². The third kappa shape index (κ3) is 5.66. The zero-order valence-electron chi connectivity index (χ0n) is 19.3. The first kappa shape index (κ1) is 24.0. The topological polar surface area (TPSA) is 26.3 Å². The number of esters is 1. The summed E-state index contributed by atoms with van der Waals surface area (Å²) in [5, 5.41) is -0.575. The Morgan fingerprint density at radius 2 is 1.47 bits per heavy atom.